The second-order valence-corrected chi connectivity index (χ2v) is 13.2. The quantitative estimate of drug-likeness (QED) is 0.176. The lowest BCUT2D eigenvalue weighted by Crippen LogP contribution is -2.09. The average Bonchev–Trinajstić information content (AvgIpc) is 3.83. The molecule has 0 radical (unpaired) electrons. The normalized spacial score (nSPS) is 11.6. The molecule has 2 heterocycles. The van der Waals surface area contributed by atoms with Crippen molar-refractivity contribution in [2.24, 2.45) is 0 Å². The average molecular weight is 670 g/mol. The Morgan fingerprint density at radius 1 is 0.404 bits per heavy atom. The molecule has 0 N–H and O–H groups in total. The van der Waals surface area contributed by atoms with Crippen molar-refractivity contribution in [3.8, 4) is 34.0 Å². The van der Waals surface area contributed by atoms with Crippen LogP contribution in [0.2, 0.25) is 0 Å². The van der Waals surface area contributed by atoms with Gasteiger partial charge in [0.05, 0.1) is 0 Å². The standard InChI is InChI=1S/C47H31N3O2/c1-30-26-33-8-2-3-9-34(33)29-41(30)37-15-14-36-28-40(25-20-35(36)27-37)50(38-21-16-31(17-22-38)46-48-42-10-4-6-12-44(42)51-46)39-23-18-32(19-24-39)47-49-43-11-5-7-13-45(43)52-47/h2-29H,1H3. The van der Waals surface area contributed by atoms with Crippen LogP contribution in [0, 0.1) is 6.92 Å². The Bertz CT molecular complexity index is 2740. The molecule has 10 aromatic rings. The Morgan fingerprint density at radius 3 is 1.46 bits per heavy atom. The first-order chi connectivity index (χ1) is 25.6. The molecule has 0 saturated carbocycles. The Hall–Kier alpha value is -6.98. The highest BCUT2D eigenvalue weighted by Crippen LogP contribution is 2.39. The summed E-state index contributed by atoms with van der Waals surface area (Å²) >= 11 is 0. The Labute approximate surface area is 300 Å². The molecule has 0 aliphatic carbocycles. The van der Waals surface area contributed by atoms with Crippen LogP contribution in [-0.4, -0.2) is 9.97 Å². The van der Waals surface area contributed by atoms with E-state index < -0.39 is 0 Å². The number of nitrogens with zero attached hydrogens (tertiary/aromatic N) is 3. The molecule has 52 heavy (non-hydrogen) atoms. The van der Waals surface area contributed by atoms with Crippen LogP contribution in [0.5, 0.6) is 0 Å². The van der Waals surface area contributed by atoms with Crippen LogP contribution in [0.15, 0.2) is 179 Å². The number of aryl methyl sites for hydroxylation is 1. The van der Waals surface area contributed by atoms with Crippen LogP contribution in [0.4, 0.5) is 17.1 Å². The lowest BCUT2D eigenvalue weighted by atomic mass is 9.94. The number of rotatable bonds is 6. The van der Waals surface area contributed by atoms with Gasteiger partial charge in [0.15, 0.2) is 11.2 Å². The van der Waals surface area contributed by atoms with Gasteiger partial charge in [-0.1, -0.05) is 72.8 Å². The molecule has 5 nitrogen and oxygen atoms in total. The molecular formula is C47H31N3O2. The molecule has 5 heteroatoms. The van der Waals surface area contributed by atoms with Crippen LogP contribution in [-0.2, 0) is 0 Å². The van der Waals surface area contributed by atoms with Gasteiger partial charge in [0.2, 0.25) is 11.8 Å². The zero-order valence-electron chi connectivity index (χ0n) is 28.3. The Kier molecular flexibility index (Phi) is 6.96. The summed E-state index contributed by atoms with van der Waals surface area (Å²) in [6, 6.07) is 59.0. The number of fused-ring (bicyclic) bond motifs is 4. The zero-order chi connectivity index (χ0) is 34.6. The number of hydrogen-bond acceptors (Lipinski definition) is 5. The van der Waals surface area contributed by atoms with E-state index in [0.717, 1.165) is 55.8 Å². The summed E-state index contributed by atoms with van der Waals surface area (Å²) in [6.45, 7) is 2.19. The third-order valence-electron chi connectivity index (χ3n) is 9.82. The minimum Gasteiger partial charge on any atom is -0.436 e. The maximum absolute atomic E-state index is 6.08. The van der Waals surface area contributed by atoms with Crippen molar-refractivity contribution in [1.82, 2.24) is 9.97 Å². The van der Waals surface area contributed by atoms with E-state index in [-0.39, 0.29) is 0 Å². The van der Waals surface area contributed by atoms with Gasteiger partial charge < -0.3 is 13.7 Å². The van der Waals surface area contributed by atoms with Crippen molar-refractivity contribution in [3.05, 3.63) is 175 Å². The second-order valence-electron chi connectivity index (χ2n) is 13.2. The van der Waals surface area contributed by atoms with E-state index in [1.54, 1.807) is 0 Å². The molecule has 0 aliphatic heterocycles. The monoisotopic (exact) mass is 669 g/mol. The van der Waals surface area contributed by atoms with Gasteiger partial charge in [0.25, 0.3) is 0 Å². The summed E-state index contributed by atoms with van der Waals surface area (Å²) in [5, 5.41) is 4.86. The van der Waals surface area contributed by atoms with Gasteiger partial charge in [-0.15, -0.1) is 0 Å². The van der Waals surface area contributed by atoms with Gasteiger partial charge in [-0.2, -0.15) is 0 Å². The predicted molar refractivity (Wildman–Crippen MR) is 212 cm³/mol. The number of anilines is 3. The van der Waals surface area contributed by atoms with Crippen LogP contribution < -0.4 is 4.90 Å². The first-order valence-corrected chi connectivity index (χ1v) is 17.4. The van der Waals surface area contributed by atoms with Gasteiger partial charge in [-0.25, -0.2) is 9.97 Å². The first kappa shape index (κ1) is 29.9. The number of benzene rings is 8. The molecule has 10 rings (SSSR count). The van der Waals surface area contributed by atoms with E-state index in [0.29, 0.717) is 11.8 Å². The van der Waals surface area contributed by atoms with Crippen molar-refractivity contribution in [2.75, 3.05) is 4.90 Å². The number of oxazole rings is 2. The third-order valence-corrected chi connectivity index (χ3v) is 9.82. The second kappa shape index (κ2) is 12.1. The van der Waals surface area contributed by atoms with Gasteiger partial charge in [0, 0.05) is 28.2 Å². The zero-order valence-corrected chi connectivity index (χ0v) is 28.3. The summed E-state index contributed by atoms with van der Waals surface area (Å²) in [4.78, 5) is 11.7. The molecule has 0 spiro atoms. The van der Waals surface area contributed by atoms with Crippen LogP contribution in [0.25, 0.3) is 77.8 Å². The molecule has 0 fully saturated rings. The Balaban J connectivity index is 1.04. The van der Waals surface area contributed by atoms with Crippen LogP contribution in [0.1, 0.15) is 5.56 Å². The minimum atomic E-state index is 0.602. The molecule has 0 amide bonds. The predicted octanol–water partition coefficient (Wildman–Crippen LogP) is 13.1. The molecule has 8 aromatic carbocycles. The number of aromatic nitrogens is 2. The third kappa shape index (κ3) is 5.27. The number of para-hydroxylation sites is 4. The molecular weight excluding hydrogens is 639 g/mol. The highest BCUT2D eigenvalue weighted by Gasteiger charge is 2.17. The van der Waals surface area contributed by atoms with Crippen molar-refractivity contribution >= 4 is 60.8 Å². The van der Waals surface area contributed by atoms with Crippen LogP contribution in [0.3, 0.4) is 0 Å². The van der Waals surface area contributed by atoms with E-state index >= 15 is 0 Å². The van der Waals surface area contributed by atoms with Gasteiger partial charge in [-0.05, 0) is 142 Å². The fraction of sp³-hybridized carbons (Fsp3) is 0.0213. The van der Waals surface area contributed by atoms with E-state index in [1.807, 2.05) is 48.5 Å². The van der Waals surface area contributed by atoms with Crippen molar-refractivity contribution < 1.29 is 8.83 Å². The lowest BCUT2D eigenvalue weighted by molar-refractivity contribution is 0.619. The number of hydrogen-bond donors (Lipinski definition) is 0. The molecule has 246 valence electrons. The van der Waals surface area contributed by atoms with Gasteiger partial charge in [-0.3, -0.25) is 0 Å². The molecule has 0 atom stereocenters. The van der Waals surface area contributed by atoms with E-state index in [2.05, 4.69) is 133 Å². The summed E-state index contributed by atoms with van der Waals surface area (Å²) < 4.78 is 12.2. The van der Waals surface area contributed by atoms with Crippen molar-refractivity contribution in [2.45, 2.75) is 6.92 Å². The maximum Gasteiger partial charge on any atom is 0.227 e. The highest BCUT2D eigenvalue weighted by molar-refractivity contribution is 5.95. The SMILES string of the molecule is Cc1cc2ccccc2cc1-c1ccc2cc(N(c3ccc(-c4nc5ccccc5o4)cc3)c3ccc(-c4nc5ccccc5o4)cc3)ccc2c1. The minimum absolute atomic E-state index is 0.602. The van der Waals surface area contributed by atoms with E-state index in [4.69, 9.17) is 18.8 Å². The van der Waals surface area contributed by atoms with E-state index in [9.17, 15) is 0 Å². The molecule has 0 unspecified atom stereocenters. The van der Waals surface area contributed by atoms with Crippen LogP contribution >= 0.6 is 0 Å². The smallest absolute Gasteiger partial charge is 0.227 e. The highest BCUT2D eigenvalue weighted by atomic mass is 16.4. The summed E-state index contributed by atoms with van der Waals surface area (Å²) in [7, 11) is 0. The summed E-state index contributed by atoms with van der Waals surface area (Å²) in [6.07, 6.45) is 0. The summed E-state index contributed by atoms with van der Waals surface area (Å²) in [5.41, 5.74) is 11.9. The maximum atomic E-state index is 6.08. The van der Waals surface area contributed by atoms with Gasteiger partial charge in [0.1, 0.15) is 11.0 Å². The van der Waals surface area contributed by atoms with E-state index in [1.165, 1.54) is 32.8 Å². The Morgan fingerprint density at radius 2 is 0.865 bits per heavy atom. The fourth-order valence-corrected chi connectivity index (χ4v) is 7.15. The molecule has 0 aliphatic rings. The van der Waals surface area contributed by atoms with Gasteiger partial charge >= 0.3 is 0 Å². The summed E-state index contributed by atoms with van der Waals surface area (Å²) in [5.74, 6) is 1.20. The van der Waals surface area contributed by atoms with Crippen molar-refractivity contribution in [1.29, 1.82) is 0 Å². The molecule has 0 bridgehead atoms. The van der Waals surface area contributed by atoms with Crippen molar-refractivity contribution in [3.63, 3.8) is 0 Å². The molecule has 0 saturated heterocycles. The molecule has 2 aromatic heterocycles. The first-order valence-electron chi connectivity index (χ1n) is 17.4. The largest absolute Gasteiger partial charge is 0.436 e. The lowest BCUT2D eigenvalue weighted by Gasteiger charge is -2.26. The fourth-order valence-electron chi connectivity index (χ4n) is 7.15. The topological polar surface area (TPSA) is 55.3 Å².